The molecule has 0 aliphatic heterocycles. The van der Waals surface area contributed by atoms with Crippen LogP contribution in [0.15, 0.2) is 14.0 Å². The first-order valence-electron chi connectivity index (χ1n) is 8.12. The molecule has 0 spiro atoms. The third-order valence-corrected chi connectivity index (χ3v) is 6.50. The molecule has 0 aromatic carbocycles. The molecule has 6 nitrogen and oxygen atoms in total. The number of hydrogen-bond acceptors (Lipinski definition) is 6. The molecule has 0 aromatic rings. The molecule has 0 unspecified atom stereocenters. The van der Waals surface area contributed by atoms with Crippen LogP contribution in [0.3, 0.4) is 0 Å². The van der Waals surface area contributed by atoms with Crippen LogP contribution >= 0.6 is 0 Å². The minimum Gasteiger partial charge on any atom is -0.212 e. The number of halogens is 17. The molecule has 0 amide bonds. The lowest BCUT2D eigenvalue weighted by Gasteiger charge is -2.42. The van der Waals surface area contributed by atoms with Crippen molar-refractivity contribution in [1.82, 2.24) is 0 Å². The Morgan fingerprint density at radius 2 is 0.730 bits per heavy atom. The van der Waals surface area contributed by atoms with Gasteiger partial charge in [0.2, 0.25) is 18.2 Å². The molecule has 37 heavy (non-hydrogen) atoms. The highest BCUT2D eigenvalue weighted by Crippen LogP contribution is 2.64. The molecule has 0 bridgehead atoms. The molecule has 0 saturated carbocycles. The van der Waals surface area contributed by atoms with Crippen molar-refractivity contribution < 1.29 is 89.0 Å². The fourth-order valence-electron chi connectivity index (χ4n) is 2.14. The van der Waals surface area contributed by atoms with Gasteiger partial charge in [-0.3, -0.25) is 0 Å². The Labute approximate surface area is 191 Å². The molecule has 0 radical (unpaired) electrons. The molecule has 0 atom stereocenters. The fourth-order valence-corrected chi connectivity index (χ4v) is 3.71. The molecule has 0 aliphatic rings. The summed E-state index contributed by atoms with van der Waals surface area (Å²) in [5.74, 6) is -57.8. The van der Waals surface area contributed by atoms with E-state index in [9.17, 15) is 89.0 Å². The zero-order valence-corrected chi connectivity index (χ0v) is 17.4. The Bertz CT molecular complexity index is 962. The largest absolute Gasteiger partial charge is 0.467 e. The summed E-state index contributed by atoms with van der Waals surface area (Å²) < 4.78 is 232. The average molecular weight is 601 g/mol. The quantitative estimate of drug-likeness (QED) is 0.131. The molecule has 0 aromatic heterocycles. The first kappa shape index (κ1) is 34.2. The highest BCUT2D eigenvalue weighted by Gasteiger charge is 2.95. The number of nitrogens with zero attached hydrogens (tertiary/aromatic N) is 3. The Hall–Kier alpha value is -2.83. The third-order valence-electron chi connectivity index (χ3n) is 4.24. The summed E-state index contributed by atoms with van der Waals surface area (Å²) in [6, 6.07) is -2.18. The number of rotatable bonds is 12. The second kappa shape index (κ2) is 9.80. The van der Waals surface area contributed by atoms with Gasteiger partial charge in [-0.15, -0.1) is 0 Å². The molecule has 24 heteroatoms. The van der Waals surface area contributed by atoms with E-state index in [0.717, 1.165) is 0 Å². The van der Waals surface area contributed by atoms with Gasteiger partial charge in [-0.25, -0.2) is 14.4 Å². The Morgan fingerprint density at radius 1 is 0.459 bits per heavy atom. The Morgan fingerprint density at radius 3 is 1.00 bits per heavy atom. The van der Waals surface area contributed by atoms with E-state index >= 15 is 0 Å². The van der Waals surface area contributed by atoms with Crippen molar-refractivity contribution in [3.63, 3.8) is 0 Å². The second-order valence-corrected chi connectivity index (χ2v) is 9.25. The van der Waals surface area contributed by atoms with Gasteiger partial charge >= 0.3 is 56.2 Å². The molecule has 0 N–H and O–H groups in total. The van der Waals surface area contributed by atoms with E-state index in [2.05, 4.69) is 14.0 Å². The van der Waals surface area contributed by atoms with E-state index in [-0.39, 0.29) is 0 Å². The summed E-state index contributed by atoms with van der Waals surface area (Å²) in [6.45, 7) is 0. The molecule has 0 aliphatic carbocycles. The molecular formula is C13H4F17N3O3Si. The van der Waals surface area contributed by atoms with Crippen LogP contribution < -0.4 is 0 Å². The summed E-state index contributed by atoms with van der Waals surface area (Å²) in [5, 5.41) is 0. The van der Waals surface area contributed by atoms with Gasteiger partial charge in [-0.2, -0.15) is 88.6 Å². The van der Waals surface area contributed by atoms with Gasteiger partial charge in [-0.1, -0.05) is 0 Å². The minimum absolute atomic E-state index is 0.416. The fraction of sp³-hybridized carbons (Fsp3) is 0.769. The van der Waals surface area contributed by atoms with Gasteiger partial charge < -0.3 is 0 Å². The van der Waals surface area contributed by atoms with Gasteiger partial charge in [0.15, 0.2) is 0 Å². The summed E-state index contributed by atoms with van der Waals surface area (Å²) >= 11 is 0. The van der Waals surface area contributed by atoms with Crippen molar-refractivity contribution in [2.24, 2.45) is 14.0 Å². The predicted molar refractivity (Wildman–Crippen MR) is 80.2 cm³/mol. The van der Waals surface area contributed by atoms with Crippen LogP contribution in [-0.2, 0) is 14.4 Å². The van der Waals surface area contributed by atoms with Crippen LogP contribution in [-0.4, -0.2) is 74.4 Å². The molecule has 0 fully saturated rings. The zero-order valence-electron chi connectivity index (χ0n) is 16.4. The minimum atomic E-state index is -8.79. The molecule has 0 heterocycles. The summed E-state index contributed by atoms with van der Waals surface area (Å²) in [5.41, 5.74) is 0. The van der Waals surface area contributed by atoms with Crippen LogP contribution in [0, 0.1) is 0 Å². The smallest absolute Gasteiger partial charge is 0.212 e. The van der Waals surface area contributed by atoms with Crippen molar-refractivity contribution in [3.8, 4) is 0 Å². The summed E-state index contributed by atoms with van der Waals surface area (Å²) in [6.07, 6.45) is -9.72. The van der Waals surface area contributed by atoms with Crippen molar-refractivity contribution in [2.45, 2.75) is 60.1 Å². The highest BCUT2D eigenvalue weighted by molar-refractivity contribution is 6.76. The normalized spacial score (nSPS) is 16.1. The topological polar surface area (TPSA) is 88.3 Å². The van der Waals surface area contributed by atoms with Crippen LogP contribution in [0.5, 0.6) is 0 Å². The van der Waals surface area contributed by atoms with E-state index in [0.29, 0.717) is 18.2 Å². The first-order chi connectivity index (χ1) is 16.1. The second-order valence-electron chi connectivity index (χ2n) is 6.53. The van der Waals surface area contributed by atoms with E-state index in [1.807, 2.05) is 0 Å². The van der Waals surface area contributed by atoms with Crippen LogP contribution in [0.1, 0.15) is 6.42 Å². The van der Waals surface area contributed by atoms with Crippen molar-refractivity contribution in [3.05, 3.63) is 0 Å². The Balaban J connectivity index is 6.78. The number of carbonyl (C=O) groups excluding carboxylic acids is 3. The van der Waals surface area contributed by atoms with Crippen molar-refractivity contribution in [2.75, 3.05) is 0 Å². The predicted octanol–water partition coefficient (Wildman–Crippen LogP) is 5.33. The molecule has 0 saturated heterocycles. The maximum Gasteiger partial charge on any atom is 0.467 e. The molecular weight excluding hydrogens is 597 g/mol. The monoisotopic (exact) mass is 601 g/mol. The maximum absolute atomic E-state index is 13.9. The standard InChI is InChI=1S/C13H4F17N3O3Si/c14-6(15,1-2-37(31-3-34,32-4-35)33-5-36)7(16,17)8(18,19)9(20,21)10(22,23)11(24,25)12(26,27)13(28,29)30/h1-2H2. The lowest BCUT2D eigenvalue weighted by molar-refractivity contribution is -0.461. The summed E-state index contributed by atoms with van der Waals surface area (Å²) in [7, 11) is -5.34. The molecule has 0 rings (SSSR count). The molecule has 212 valence electrons. The highest BCUT2D eigenvalue weighted by atomic mass is 28.4. The van der Waals surface area contributed by atoms with Crippen molar-refractivity contribution >= 4 is 26.8 Å². The zero-order chi connectivity index (χ0) is 30.2. The number of alkyl halides is 17. The van der Waals surface area contributed by atoms with E-state index in [1.54, 1.807) is 0 Å². The number of isocyanates is 3. The van der Waals surface area contributed by atoms with E-state index < -0.39 is 68.7 Å². The first-order valence-corrected chi connectivity index (χ1v) is 10.2. The van der Waals surface area contributed by atoms with Gasteiger partial charge in [0.1, 0.15) is 0 Å². The SMILES string of the molecule is O=C=N[Si](CCC(F)(F)C(F)(F)C(F)(F)C(F)(F)C(F)(F)C(F)(F)C(F)(F)C(F)(F)F)(N=C=O)N=C=O. The van der Waals surface area contributed by atoms with Crippen LogP contribution in [0.4, 0.5) is 74.6 Å². The number of hydrogen-bond donors (Lipinski definition) is 0. The van der Waals surface area contributed by atoms with Gasteiger partial charge in [0.05, 0.1) is 0 Å². The van der Waals surface area contributed by atoms with Crippen LogP contribution in [0.2, 0.25) is 6.04 Å². The van der Waals surface area contributed by atoms with Gasteiger partial charge in [-0.05, 0) is 0 Å². The van der Waals surface area contributed by atoms with E-state index in [4.69, 9.17) is 0 Å². The van der Waals surface area contributed by atoms with Gasteiger partial charge in [0.25, 0.3) is 0 Å². The summed E-state index contributed by atoms with van der Waals surface area (Å²) in [4.78, 5) is 30.8. The lowest BCUT2D eigenvalue weighted by Crippen LogP contribution is -2.74. The van der Waals surface area contributed by atoms with Crippen LogP contribution in [0.25, 0.3) is 0 Å². The third kappa shape index (κ3) is 5.14. The lowest BCUT2D eigenvalue weighted by atomic mass is 9.88. The maximum atomic E-state index is 13.9. The Kier molecular flexibility index (Phi) is 9.05. The van der Waals surface area contributed by atoms with Gasteiger partial charge in [0, 0.05) is 12.5 Å². The van der Waals surface area contributed by atoms with E-state index in [1.165, 1.54) is 0 Å². The average Bonchev–Trinajstić information content (AvgIpc) is 2.71. The van der Waals surface area contributed by atoms with Crippen molar-refractivity contribution in [1.29, 1.82) is 0 Å².